The van der Waals surface area contributed by atoms with Crippen LogP contribution in [0.2, 0.25) is 0 Å². The minimum absolute atomic E-state index is 0.101. The van der Waals surface area contributed by atoms with Gasteiger partial charge in [-0.25, -0.2) is 17.6 Å². The quantitative estimate of drug-likeness (QED) is 0.413. The molecule has 0 fully saturated rings. The average molecular weight is 227 g/mol. The zero-order chi connectivity index (χ0) is 11.7. The van der Waals surface area contributed by atoms with E-state index in [0.29, 0.717) is 6.07 Å². The Morgan fingerprint density at radius 1 is 0.812 bits per heavy atom. The van der Waals surface area contributed by atoms with Crippen molar-refractivity contribution in [1.29, 1.82) is 0 Å². The predicted molar refractivity (Wildman–Crippen MR) is 49.5 cm³/mol. The van der Waals surface area contributed by atoms with Crippen LogP contribution in [0.25, 0.3) is 11.1 Å². The van der Waals surface area contributed by atoms with Crippen molar-refractivity contribution >= 4 is 0 Å². The lowest BCUT2D eigenvalue weighted by atomic mass is 10.1. The van der Waals surface area contributed by atoms with Crippen molar-refractivity contribution in [3.63, 3.8) is 0 Å². The first-order valence-electron chi connectivity index (χ1n) is 4.34. The molecule has 0 N–H and O–H groups in total. The Labute approximate surface area is 88.4 Å². The first kappa shape index (κ1) is 10.6. The van der Waals surface area contributed by atoms with E-state index in [1.165, 1.54) is 24.5 Å². The van der Waals surface area contributed by atoms with Crippen molar-refractivity contribution in [1.82, 2.24) is 4.98 Å². The minimum atomic E-state index is -1.69. The summed E-state index contributed by atoms with van der Waals surface area (Å²) in [6.07, 6.45) is 2.60. The second-order valence-corrected chi connectivity index (χ2v) is 3.08. The van der Waals surface area contributed by atoms with Gasteiger partial charge < -0.3 is 0 Å². The SMILES string of the molecule is Fc1cc(F)c(-c2ccncc2)c(F)c1F. The number of halogens is 4. The van der Waals surface area contributed by atoms with Crippen LogP contribution in [0, 0.1) is 23.3 Å². The number of aromatic nitrogens is 1. The molecule has 1 nitrogen and oxygen atoms in total. The second-order valence-electron chi connectivity index (χ2n) is 3.08. The maximum absolute atomic E-state index is 13.3. The van der Waals surface area contributed by atoms with Crippen LogP contribution in [0.4, 0.5) is 17.6 Å². The van der Waals surface area contributed by atoms with Crippen LogP contribution in [0.5, 0.6) is 0 Å². The number of nitrogens with zero attached hydrogens (tertiary/aromatic N) is 1. The van der Waals surface area contributed by atoms with E-state index in [1.54, 1.807) is 0 Å². The molecular weight excluding hydrogens is 222 g/mol. The van der Waals surface area contributed by atoms with E-state index in [9.17, 15) is 17.6 Å². The molecule has 0 aliphatic rings. The molecule has 1 aromatic heterocycles. The van der Waals surface area contributed by atoms with E-state index < -0.39 is 28.8 Å². The third kappa shape index (κ3) is 1.64. The lowest BCUT2D eigenvalue weighted by Crippen LogP contribution is -1.98. The van der Waals surface area contributed by atoms with E-state index >= 15 is 0 Å². The molecule has 0 aliphatic carbocycles. The number of pyridine rings is 1. The molecule has 0 amide bonds. The van der Waals surface area contributed by atoms with Crippen molar-refractivity contribution in [2.24, 2.45) is 0 Å². The van der Waals surface area contributed by atoms with Gasteiger partial charge in [0.25, 0.3) is 0 Å². The zero-order valence-electron chi connectivity index (χ0n) is 7.85. The van der Waals surface area contributed by atoms with Crippen LogP contribution in [0.3, 0.4) is 0 Å². The highest BCUT2D eigenvalue weighted by Crippen LogP contribution is 2.28. The highest BCUT2D eigenvalue weighted by Gasteiger charge is 2.19. The highest BCUT2D eigenvalue weighted by atomic mass is 19.2. The van der Waals surface area contributed by atoms with Crippen LogP contribution in [0.1, 0.15) is 0 Å². The van der Waals surface area contributed by atoms with E-state index in [0.717, 1.165) is 0 Å². The van der Waals surface area contributed by atoms with Crippen molar-refractivity contribution in [2.75, 3.05) is 0 Å². The summed E-state index contributed by atoms with van der Waals surface area (Å²) >= 11 is 0. The van der Waals surface area contributed by atoms with Crippen molar-refractivity contribution in [3.8, 4) is 11.1 Å². The maximum Gasteiger partial charge on any atom is 0.195 e. The number of hydrogen-bond donors (Lipinski definition) is 0. The zero-order valence-corrected chi connectivity index (χ0v) is 7.85. The Balaban J connectivity index is 2.71. The second kappa shape index (κ2) is 3.92. The molecule has 0 aliphatic heterocycles. The van der Waals surface area contributed by atoms with E-state index in [-0.39, 0.29) is 5.56 Å². The summed E-state index contributed by atoms with van der Waals surface area (Å²) in [5.74, 6) is -5.92. The fourth-order valence-electron chi connectivity index (χ4n) is 1.35. The van der Waals surface area contributed by atoms with Gasteiger partial charge in [-0.05, 0) is 17.7 Å². The van der Waals surface area contributed by atoms with Gasteiger partial charge in [0.2, 0.25) is 0 Å². The summed E-state index contributed by atoms with van der Waals surface area (Å²) in [5, 5.41) is 0. The van der Waals surface area contributed by atoms with E-state index in [4.69, 9.17) is 0 Å². The van der Waals surface area contributed by atoms with Crippen molar-refractivity contribution in [3.05, 3.63) is 53.9 Å². The summed E-state index contributed by atoms with van der Waals surface area (Å²) in [6, 6.07) is 2.92. The monoisotopic (exact) mass is 227 g/mol. The Morgan fingerprint density at radius 2 is 1.44 bits per heavy atom. The predicted octanol–water partition coefficient (Wildman–Crippen LogP) is 3.31. The minimum Gasteiger partial charge on any atom is -0.265 e. The molecule has 2 rings (SSSR count). The highest BCUT2D eigenvalue weighted by molar-refractivity contribution is 5.64. The fraction of sp³-hybridized carbons (Fsp3) is 0. The molecule has 5 heteroatoms. The van der Waals surface area contributed by atoms with Gasteiger partial charge in [-0.15, -0.1) is 0 Å². The van der Waals surface area contributed by atoms with Gasteiger partial charge >= 0.3 is 0 Å². The first-order valence-corrected chi connectivity index (χ1v) is 4.34. The van der Waals surface area contributed by atoms with Crippen LogP contribution in [-0.2, 0) is 0 Å². The largest absolute Gasteiger partial charge is 0.265 e. The van der Waals surface area contributed by atoms with Crippen LogP contribution >= 0.6 is 0 Å². The van der Waals surface area contributed by atoms with Gasteiger partial charge in [0.15, 0.2) is 17.5 Å². The molecule has 0 radical (unpaired) electrons. The molecule has 1 heterocycles. The number of rotatable bonds is 1. The normalized spacial score (nSPS) is 10.5. The summed E-state index contributed by atoms with van der Waals surface area (Å²) in [4.78, 5) is 3.66. The Bertz CT molecular complexity index is 525. The molecule has 0 bridgehead atoms. The number of benzene rings is 1. The molecule has 0 saturated carbocycles. The van der Waals surface area contributed by atoms with Crippen molar-refractivity contribution < 1.29 is 17.6 Å². The number of hydrogen-bond acceptors (Lipinski definition) is 1. The van der Waals surface area contributed by atoms with Gasteiger partial charge in [0, 0.05) is 18.5 Å². The van der Waals surface area contributed by atoms with Crippen molar-refractivity contribution in [2.45, 2.75) is 0 Å². The first-order chi connectivity index (χ1) is 7.61. The fourth-order valence-corrected chi connectivity index (χ4v) is 1.35. The topological polar surface area (TPSA) is 12.9 Å². The van der Waals surface area contributed by atoms with Crippen LogP contribution < -0.4 is 0 Å². The van der Waals surface area contributed by atoms with Crippen LogP contribution in [-0.4, -0.2) is 4.98 Å². The van der Waals surface area contributed by atoms with Gasteiger partial charge in [-0.2, -0.15) is 0 Å². The third-order valence-corrected chi connectivity index (χ3v) is 2.08. The molecule has 2 aromatic rings. The molecule has 0 spiro atoms. The molecular formula is C11H5F4N. The summed E-state index contributed by atoms with van der Waals surface area (Å²) in [6.45, 7) is 0. The van der Waals surface area contributed by atoms with Gasteiger partial charge in [0.05, 0.1) is 5.56 Å². The van der Waals surface area contributed by atoms with Crippen LogP contribution in [0.15, 0.2) is 30.6 Å². The Kier molecular flexibility index (Phi) is 2.60. The summed E-state index contributed by atoms with van der Waals surface area (Å²) in [5.41, 5.74) is -0.495. The lowest BCUT2D eigenvalue weighted by molar-refractivity contribution is 0.437. The molecule has 0 atom stereocenters. The van der Waals surface area contributed by atoms with Gasteiger partial charge in [0.1, 0.15) is 5.82 Å². The standard InChI is InChI=1S/C11H5F4N/c12-7-5-8(13)10(14)11(15)9(7)6-1-3-16-4-2-6/h1-5H. The third-order valence-electron chi connectivity index (χ3n) is 2.08. The lowest BCUT2D eigenvalue weighted by Gasteiger charge is -2.06. The van der Waals surface area contributed by atoms with E-state index in [2.05, 4.69) is 4.98 Å². The molecule has 0 saturated heterocycles. The average Bonchev–Trinajstić information content (AvgIpc) is 2.28. The molecule has 82 valence electrons. The maximum atomic E-state index is 13.3. The molecule has 1 aromatic carbocycles. The molecule has 16 heavy (non-hydrogen) atoms. The molecule has 0 unspecified atom stereocenters. The Hall–Kier alpha value is -1.91. The summed E-state index contributed by atoms with van der Waals surface area (Å²) in [7, 11) is 0. The van der Waals surface area contributed by atoms with E-state index in [1.807, 2.05) is 0 Å². The van der Waals surface area contributed by atoms with Gasteiger partial charge in [-0.1, -0.05) is 0 Å². The smallest absolute Gasteiger partial charge is 0.195 e. The van der Waals surface area contributed by atoms with Gasteiger partial charge in [-0.3, -0.25) is 4.98 Å². The summed E-state index contributed by atoms with van der Waals surface area (Å²) < 4.78 is 52.2. The Morgan fingerprint density at radius 3 is 2.06 bits per heavy atom.